The summed E-state index contributed by atoms with van der Waals surface area (Å²) in [5.74, 6) is 0.452. The van der Waals surface area contributed by atoms with E-state index in [0.717, 1.165) is 32.6 Å². The van der Waals surface area contributed by atoms with Crippen LogP contribution in [0.2, 0.25) is 0 Å². The Labute approximate surface area is 143 Å². The number of ketones is 1. The van der Waals surface area contributed by atoms with E-state index in [1.807, 2.05) is 18.7 Å². The molecule has 4 heteroatoms. The van der Waals surface area contributed by atoms with Gasteiger partial charge in [-0.25, -0.2) is 0 Å². The zero-order chi connectivity index (χ0) is 18.3. The van der Waals surface area contributed by atoms with Gasteiger partial charge in [0.25, 0.3) is 0 Å². The van der Waals surface area contributed by atoms with Crippen LogP contribution in [0.25, 0.3) is 0 Å². The molecule has 0 aromatic rings. The maximum absolute atomic E-state index is 12.5. The molecule has 0 N–H and O–H groups in total. The van der Waals surface area contributed by atoms with Gasteiger partial charge in [-0.15, -0.1) is 0 Å². The summed E-state index contributed by atoms with van der Waals surface area (Å²) < 4.78 is 0. The first-order valence-electron chi connectivity index (χ1n) is 8.98. The number of hydrogen-bond acceptors (Lipinski definition) is 3. The summed E-state index contributed by atoms with van der Waals surface area (Å²) in [7, 11) is 0. The fourth-order valence-electron chi connectivity index (χ4n) is 3.49. The predicted molar refractivity (Wildman–Crippen MR) is 97.5 cm³/mol. The van der Waals surface area contributed by atoms with Crippen molar-refractivity contribution in [2.45, 2.75) is 68.2 Å². The molecule has 1 amide bonds. The van der Waals surface area contributed by atoms with Gasteiger partial charge in [0.15, 0.2) is 0 Å². The molecule has 0 atom stereocenters. The maximum Gasteiger partial charge on any atom is 0.223 e. The number of amides is 1. The number of piperazine rings is 1. The van der Waals surface area contributed by atoms with Crippen LogP contribution >= 0.6 is 0 Å². The molecule has 4 nitrogen and oxygen atoms in total. The highest BCUT2D eigenvalue weighted by atomic mass is 16.2. The summed E-state index contributed by atoms with van der Waals surface area (Å²) in [6, 6.07) is 0. The second-order valence-electron chi connectivity index (χ2n) is 8.44. The molecular formula is C19H38N2O2. The van der Waals surface area contributed by atoms with Crippen LogP contribution in [-0.2, 0) is 9.59 Å². The smallest absolute Gasteiger partial charge is 0.223 e. The molecule has 1 heterocycles. The highest BCUT2D eigenvalue weighted by molar-refractivity contribution is 5.78. The lowest BCUT2D eigenvalue weighted by atomic mass is 9.74. The van der Waals surface area contributed by atoms with Crippen LogP contribution in [0.3, 0.4) is 0 Å². The van der Waals surface area contributed by atoms with Crippen molar-refractivity contribution in [3.05, 3.63) is 0 Å². The van der Waals surface area contributed by atoms with E-state index in [0.29, 0.717) is 13.0 Å². The van der Waals surface area contributed by atoms with E-state index >= 15 is 0 Å². The van der Waals surface area contributed by atoms with Gasteiger partial charge < -0.3 is 4.90 Å². The SMILES string of the molecule is CC.CC(=O)CN1CCN(C(=O)CC(C)(C)CC(C)(C)C)CC1. The van der Waals surface area contributed by atoms with Gasteiger partial charge in [-0.2, -0.15) is 0 Å². The Bertz CT molecular complexity index is 375. The molecule has 1 saturated heterocycles. The highest BCUT2D eigenvalue weighted by Crippen LogP contribution is 2.36. The van der Waals surface area contributed by atoms with Gasteiger partial charge >= 0.3 is 0 Å². The molecule has 0 aromatic carbocycles. The Hall–Kier alpha value is -0.900. The van der Waals surface area contributed by atoms with E-state index in [-0.39, 0.29) is 22.5 Å². The zero-order valence-corrected chi connectivity index (χ0v) is 16.7. The number of nitrogens with zero attached hydrogens (tertiary/aromatic N) is 2. The summed E-state index contributed by atoms with van der Waals surface area (Å²) >= 11 is 0. The van der Waals surface area contributed by atoms with Gasteiger partial charge in [-0.3, -0.25) is 14.5 Å². The van der Waals surface area contributed by atoms with E-state index in [9.17, 15) is 9.59 Å². The topological polar surface area (TPSA) is 40.6 Å². The van der Waals surface area contributed by atoms with E-state index in [1.165, 1.54) is 0 Å². The summed E-state index contributed by atoms with van der Waals surface area (Å²) in [5.41, 5.74) is 0.274. The molecule has 0 bridgehead atoms. The van der Waals surface area contributed by atoms with E-state index in [1.54, 1.807) is 6.92 Å². The van der Waals surface area contributed by atoms with Crippen molar-refractivity contribution in [3.63, 3.8) is 0 Å². The Morgan fingerprint density at radius 2 is 1.39 bits per heavy atom. The van der Waals surface area contributed by atoms with Crippen molar-refractivity contribution in [3.8, 4) is 0 Å². The number of hydrogen-bond donors (Lipinski definition) is 0. The molecule has 0 aromatic heterocycles. The van der Waals surface area contributed by atoms with Crippen molar-refractivity contribution >= 4 is 11.7 Å². The first kappa shape index (κ1) is 22.1. The first-order valence-corrected chi connectivity index (χ1v) is 8.98. The number of Topliss-reactive ketones (excluding diaryl/α,β-unsaturated/α-hetero) is 1. The van der Waals surface area contributed by atoms with Crippen LogP contribution in [0.4, 0.5) is 0 Å². The monoisotopic (exact) mass is 326 g/mol. The standard InChI is InChI=1S/C17H32N2O2.C2H6/c1-14(20)12-18-7-9-19(10-8-18)15(21)11-17(5,6)13-16(2,3)4;1-2/h7-13H2,1-6H3;1-2H3. The Kier molecular flexibility index (Phi) is 9.04. The summed E-state index contributed by atoms with van der Waals surface area (Å²) in [5, 5.41) is 0. The fraction of sp³-hybridized carbons (Fsp3) is 0.895. The van der Waals surface area contributed by atoms with Crippen LogP contribution in [0.5, 0.6) is 0 Å². The molecule has 0 radical (unpaired) electrons. The third-order valence-electron chi connectivity index (χ3n) is 3.81. The lowest BCUT2D eigenvalue weighted by molar-refractivity contribution is -0.135. The maximum atomic E-state index is 12.5. The highest BCUT2D eigenvalue weighted by Gasteiger charge is 2.30. The minimum atomic E-state index is 0.0336. The van der Waals surface area contributed by atoms with Crippen molar-refractivity contribution < 1.29 is 9.59 Å². The second kappa shape index (κ2) is 9.41. The van der Waals surface area contributed by atoms with Crippen LogP contribution in [0.1, 0.15) is 68.2 Å². The lowest BCUT2D eigenvalue weighted by Crippen LogP contribution is -2.50. The van der Waals surface area contributed by atoms with Gasteiger partial charge in [0, 0.05) is 32.6 Å². The largest absolute Gasteiger partial charge is 0.340 e. The molecular weight excluding hydrogens is 288 g/mol. The molecule has 0 spiro atoms. The minimum Gasteiger partial charge on any atom is -0.340 e. The van der Waals surface area contributed by atoms with E-state index in [4.69, 9.17) is 0 Å². The Balaban J connectivity index is 0.00000232. The van der Waals surface area contributed by atoms with Gasteiger partial charge in [0.2, 0.25) is 5.91 Å². The molecule has 136 valence electrons. The van der Waals surface area contributed by atoms with Crippen LogP contribution < -0.4 is 0 Å². The van der Waals surface area contributed by atoms with Crippen molar-refractivity contribution in [2.75, 3.05) is 32.7 Å². The fourth-order valence-corrected chi connectivity index (χ4v) is 3.49. The molecule has 1 aliphatic rings. The second-order valence-corrected chi connectivity index (χ2v) is 8.44. The Morgan fingerprint density at radius 1 is 0.913 bits per heavy atom. The Morgan fingerprint density at radius 3 is 1.78 bits per heavy atom. The summed E-state index contributed by atoms with van der Waals surface area (Å²) in [6.45, 7) is 20.3. The van der Waals surface area contributed by atoms with Crippen molar-refractivity contribution in [1.29, 1.82) is 0 Å². The molecule has 0 unspecified atom stereocenters. The van der Waals surface area contributed by atoms with Gasteiger partial charge in [-0.05, 0) is 24.2 Å². The molecule has 1 fully saturated rings. The van der Waals surface area contributed by atoms with Crippen LogP contribution in [0, 0.1) is 10.8 Å². The summed E-state index contributed by atoms with van der Waals surface area (Å²) in [4.78, 5) is 27.7. The molecule has 1 aliphatic heterocycles. The quantitative estimate of drug-likeness (QED) is 0.775. The molecule has 1 rings (SSSR count). The van der Waals surface area contributed by atoms with Gasteiger partial charge in [0.05, 0.1) is 6.54 Å². The predicted octanol–water partition coefficient (Wildman–Crippen LogP) is 3.60. The van der Waals surface area contributed by atoms with E-state index < -0.39 is 0 Å². The van der Waals surface area contributed by atoms with Gasteiger partial charge in [0.1, 0.15) is 5.78 Å². The third kappa shape index (κ3) is 9.75. The van der Waals surface area contributed by atoms with Crippen LogP contribution in [0.15, 0.2) is 0 Å². The number of carbonyl (C=O) groups excluding carboxylic acids is 2. The normalized spacial score (nSPS) is 16.6. The van der Waals surface area contributed by atoms with Crippen molar-refractivity contribution in [2.24, 2.45) is 10.8 Å². The molecule has 0 saturated carbocycles. The van der Waals surface area contributed by atoms with E-state index in [2.05, 4.69) is 39.5 Å². The van der Waals surface area contributed by atoms with Crippen LogP contribution in [-0.4, -0.2) is 54.2 Å². The number of carbonyl (C=O) groups is 2. The zero-order valence-electron chi connectivity index (χ0n) is 16.7. The average Bonchev–Trinajstić information content (AvgIpc) is 2.37. The van der Waals surface area contributed by atoms with Gasteiger partial charge in [-0.1, -0.05) is 48.5 Å². The minimum absolute atomic E-state index is 0.0336. The lowest BCUT2D eigenvalue weighted by Gasteiger charge is -2.37. The number of rotatable bonds is 5. The first-order chi connectivity index (χ1) is 10.5. The third-order valence-corrected chi connectivity index (χ3v) is 3.81. The molecule has 0 aliphatic carbocycles. The summed E-state index contributed by atoms with van der Waals surface area (Å²) in [6.07, 6.45) is 1.65. The molecule has 23 heavy (non-hydrogen) atoms. The average molecular weight is 327 g/mol. The van der Waals surface area contributed by atoms with Crippen molar-refractivity contribution in [1.82, 2.24) is 9.80 Å².